The van der Waals surface area contributed by atoms with Gasteiger partial charge < -0.3 is 15.1 Å². The molecule has 0 aliphatic carbocycles. The predicted octanol–water partition coefficient (Wildman–Crippen LogP) is 1.73. The summed E-state index contributed by atoms with van der Waals surface area (Å²) < 4.78 is 13.7. The fourth-order valence-corrected chi connectivity index (χ4v) is 2.61. The monoisotopic (exact) mass is 313 g/mol. The van der Waals surface area contributed by atoms with Gasteiger partial charge in [0.25, 0.3) is 0 Å². The quantitative estimate of drug-likeness (QED) is 0.899. The topological polar surface area (TPSA) is 35.6 Å². The lowest BCUT2D eigenvalue weighted by Crippen LogP contribution is -2.47. The van der Waals surface area contributed by atoms with Crippen molar-refractivity contribution < 1.29 is 9.18 Å². The molecule has 1 aromatic carbocycles. The third kappa shape index (κ3) is 4.66. The number of hydrogen-bond acceptors (Lipinski definition) is 3. The molecule has 2 rings (SSSR count). The molecule has 6 heteroatoms. The molecule has 0 bridgehead atoms. The molecule has 116 valence electrons. The van der Waals surface area contributed by atoms with Gasteiger partial charge in [-0.25, -0.2) is 4.39 Å². The maximum absolute atomic E-state index is 13.7. The summed E-state index contributed by atoms with van der Waals surface area (Å²) in [6.07, 6.45) is 0.447. The van der Waals surface area contributed by atoms with Crippen molar-refractivity contribution in [2.45, 2.75) is 13.0 Å². The third-order valence-corrected chi connectivity index (χ3v) is 4.02. The molecule has 0 radical (unpaired) electrons. The summed E-state index contributed by atoms with van der Waals surface area (Å²) in [5.41, 5.74) is 0.483. The number of nitrogens with zero attached hydrogens (tertiary/aromatic N) is 2. The average Bonchev–Trinajstić information content (AvgIpc) is 2.49. The second kappa shape index (κ2) is 7.73. The molecule has 1 fully saturated rings. The van der Waals surface area contributed by atoms with Crippen LogP contribution < -0.4 is 5.32 Å². The molecule has 1 aromatic rings. The first kappa shape index (κ1) is 16.2. The molecule has 1 amide bonds. The van der Waals surface area contributed by atoms with Gasteiger partial charge in [-0.2, -0.15) is 0 Å². The predicted molar refractivity (Wildman–Crippen MR) is 81.8 cm³/mol. The Hall–Kier alpha value is -1.17. The summed E-state index contributed by atoms with van der Waals surface area (Å²) >= 11 is 6.01. The normalized spacial score (nSPS) is 15.5. The number of benzene rings is 1. The molecular formula is C15H21ClFN3O. The molecule has 1 N–H and O–H groups in total. The van der Waals surface area contributed by atoms with Gasteiger partial charge in [-0.1, -0.05) is 17.7 Å². The van der Waals surface area contributed by atoms with E-state index in [4.69, 9.17) is 11.6 Å². The van der Waals surface area contributed by atoms with Crippen molar-refractivity contribution in [3.8, 4) is 0 Å². The van der Waals surface area contributed by atoms with E-state index in [-0.39, 0.29) is 11.7 Å². The second-order valence-electron chi connectivity index (χ2n) is 5.32. The Balaban J connectivity index is 1.81. The molecule has 0 aromatic heterocycles. The van der Waals surface area contributed by atoms with Gasteiger partial charge in [0.2, 0.25) is 5.91 Å². The molecular weight excluding hydrogens is 293 g/mol. The average molecular weight is 314 g/mol. The summed E-state index contributed by atoms with van der Waals surface area (Å²) in [6.45, 7) is 4.23. The molecule has 1 aliphatic heterocycles. The van der Waals surface area contributed by atoms with Crippen molar-refractivity contribution in [2.75, 3.05) is 39.8 Å². The van der Waals surface area contributed by atoms with Gasteiger partial charge in [-0.15, -0.1) is 0 Å². The Kier molecular flexibility index (Phi) is 5.96. The molecule has 4 nitrogen and oxygen atoms in total. The number of carbonyl (C=O) groups is 1. The van der Waals surface area contributed by atoms with E-state index in [2.05, 4.69) is 5.32 Å². The molecule has 0 unspecified atom stereocenters. The van der Waals surface area contributed by atoms with Crippen LogP contribution in [0.25, 0.3) is 0 Å². The highest BCUT2D eigenvalue weighted by Crippen LogP contribution is 2.20. The van der Waals surface area contributed by atoms with Gasteiger partial charge in [0.05, 0.1) is 0 Å². The molecule has 1 aliphatic rings. The summed E-state index contributed by atoms with van der Waals surface area (Å²) in [5, 5.41) is 3.65. The number of rotatable bonds is 5. The van der Waals surface area contributed by atoms with Crippen LogP contribution in [0.3, 0.4) is 0 Å². The van der Waals surface area contributed by atoms with Crippen LogP contribution in [0.1, 0.15) is 12.0 Å². The van der Waals surface area contributed by atoms with Crippen molar-refractivity contribution in [1.29, 1.82) is 0 Å². The maximum Gasteiger partial charge on any atom is 0.223 e. The van der Waals surface area contributed by atoms with E-state index >= 15 is 0 Å². The van der Waals surface area contributed by atoms with Crippen molar-refractivity contribution in [3.05, 3.63) is 34.6 Å². The number of piperazine rings is 1. The molecule has 0 spiro atoms. The van der Waals surface area contributed by atoms with Crippen molar-refractivity contribution in [1.82, 2.24) is 15.1 Å². The Labute approximate surface area is 129 Å². The van der Waals surface area contributed by atoms with Crippen molar-refractivity contribution in [3.63, 3.8) is 0 Å². The largest absolute Gasteiger partial charge is 0.340 e. The van der Waals surface area contributed by atoms with Gasteiger partial charge in [0, 0.05) is 56.3 Å². The van der Waals surface area contributed by atoms with Crippen LogP contribution in [-0.4, -0.2) is 55.5 Å². The molecule has 0 atom stereocenters. The summed E-state index contributed by atoms with van der Waals surface area (Å²) in [5.74, 6) is -0.147. The van der Waals surface area contributed by atoms with Crippen molar-refractivity contribution >= 4 is 17.5 Å². The van der Waals surface area contributed by atoms with Crippen LogP contribution in [-0.2, 0) is 11.3 Å². The first-order valence-corrected chi connectivity index (χ1v) is 7.55. The third-order valence-electron chi connectivity index (χ3n) is 3.67. The van der Waals surface area contributed by atoms with Gasteiger partial charge in [0.1, 0.15) is 5.82 Å². The molecule has 21 heavy (non-hydrogen) atoms. The minimum absolute atomic E-state index is 0.156. The van der Waals surface area contributed by atoms with Crippen LogP contribution in [0.15, 0.2) is 18.2 Å². The highest BCUT2D eigenvalue weighted by molar-refractivity contribution is 6.31. The van der Waals surface area contributed by atoms with Crippen LogP contribution in [0, 0.1) is 5.82 Å². The van der Waals surface area contributed by atoms with E-state index in [9.17, 15) is 9.18 Å². The zero-order chi connectivity index (χ0) is 15.2. The molecule has 0 saturated carbocycles. The highest BCUT2D eigenvalue weighted by Gasteiger charge is 2.17. The summed E-state index contributed by atoms with van der Waals surface area (Å²) in [6, 6.07) is 4.68. The van der Waals surface area contributed by atoms with Crippen molar-refractivity contribution in [2.24, 2.45) is 0 Å². The van der Waals surface area contributed by atoms with Crippen LogP contribution >= 0.6 is 11.6 Å². The molecule has 1 saturated heterocycles. The smallest absolute Gasteiger partial charge is 0.223 e. The first-order chi connectivity index (χ1) is 10.1. The number of nitrogens with one attached hydrogen (secondary N) is 1. The Morgan fingerprint density at radius 3 is 2.81 bits per heavy atom. The standard InChI is InChI=1S/C15H21ClFN3O/c1-19(11-12-13(16)3-2-4-14(12)17)8-5-15(21)20-9-6-18-7-10-20/h2-4,18H,5-11H2,1H3. The lowest BCUT2D eigenvalue weighted by molar-refractivity contribution is -0.132. The van der Waals surface area contributed by atoms with E-state index in [0.29, 0.717) is 30.1 Å². The van der Waals surface area contributed by atoms with Crippen LogP contribution in [0.4, 0.5) is 4.39 Å². The lowest BCUT2D eigenvalue weighted by Gasteiger charge is -2.28. The maximum atomic E-state index is 13.7. The van der Waals surface area contributed by atoms with E-state index in [1.165, 1.54) is 6.07 Å². The minimum atomic E-state index is -0.303. The zero-order valence-corrected chi connectivity index (χ0v) is 13.0. The van der Waals surface area contributed by atoms with Crippen LogP contribution in [0.5, 0.6) is 0 Å². The van der Waals surface area contributed by atoms with Gasteiger partial charge in [-0.05, 0) is 19.2 Å². The number of hydrogen-bond donors (Lipinski definition) is 1. The Morgan fingerprint density at radius 1 is 1.43 bits per heavy atom. The Morgan fingerprint density at radius 2 is 2.14 bits per heavy atom. The number of amides is 1. The van der Waals surface area contributed by atoms with Gasteiger partial charge in [0.15, 0.2) is 0 Å². The summed E-state index contributed by atoms with van der Waals surface area (Å²) in [7, 11) is 1.87. The summed E-state index contributed by atoms with van der Waals surface area (Å²) in [4.78, 5) is 15.9. The molecule has 1 heterocycles. The number of halogens is 2. The van der Waals surface area contributed by atoms with Crippen LogP contribution in [0.2, 0.25) is 5.02 Å². The van der Waals surface area contributed by atoms with E-state index in [0.717, 1.165) is 26.2 Å². The second-order valence-corrected chi connectivity index (χ2v) is 5.73. The highest BCUT2D eigenvalue weighted by atomic mass is 35.5. The Bertz CT molecular complexity index is 472. The lowest BCUT2D eigenvalue weighted by atomic mass is 10.2. The van der Waals surface area contributed by atoms with Gasteiger partial charge in [-0.3, -0.25) is 4.79 Å². The minimum Gasteiger partial charge on any atom is -0.340 e. The van der Waals surface area contributed by atoms with E-state index < -0.39 is 0 Å². The fourth-order valence-electron chi connectivity index (χ4n) is 2.39. The zero-order valence-electron chi connectivity index (χ0n) is 12.2. The fraction of sp³-hybridized carbons (Fsp3) is 0.533. The number of carbonyl (C=O) groups excluding carboxylic acids is 1. The van der Waals surface area contributed by atoms with Gasteiger partial charge >= 0.3 is 0 Å². The SMILES string of the molecule is CN(CCC(=O)N1CCNCC1)Cc1c(F)cccc1Cl. The van der Waals surface area contributed by atoms with E-state index in [1.807, 2.05) is 16.8 Å². The van der Waals surface area contributed by atoms with E-state index in [1.54, 1.807) is 12.1 Å². The first-order valence-electron chi connectivity index (χ1n) is 7.18.